The van der Waals surface area contributed by atoms with E-state index in [9.17, 15) is 0 Å². The zero-order chi connectivity index (χ0) is 30.3. The number of likely N-dealkylation sites (N-methyl/N-ethyl adjacent to an activating group) is 1. The second-order valence-electron chi connectivity index (χ2n) is 10.7. The van der Waals surface area contributed by atoms with Gasteiger partial charge in [-0.2, -0.15) is 0 Å². The molecule has 1 aliphatic carbocycles. The summed E-state index contributed by atoms with van der Waals surface area (Å²) in [4.78, 5) is 9.82. The van der Waals surface area contributed by atoms with Gasteiger partial charge in [-0.3, -0.25) is 0 Å². The van der Waals surface area contributed by atoms with E-state index in [1.54, 1.807) is 0 Å². The van der Waals surface area contributed by atoms with E-state index in [1.807, 2.05) is 43.6 Å². The largest absolute Gasteiger partial charge is 0.385 e. The Bertz CT molecular complexity index is 948. The number of terminal acetylenes is 1. The van der Waals surface area contributed by atoms with Gasteiger partial charge in [-0.25, -0.2) is 4.98 Å². The lowest BCUT2D eigenvalue weighted by molar-refractivity contribution is 0.297. The van der Waals surface area contributed by atoms with Gasteiger partial charge >= 0.3 is 0 Å². The Balaban J connectivity index is 0.000000711. The number of rotatable bonds is 16. The highest BCUT2D eigenvalue weighted by Crippen LogP contribution is 2.24. The predicted octanol–water partition coefficient (Wildman–Crippen LogP) is 6.07. The average Bonchev–Trinajstić information content (AvgIpc) is 3.03. The maximum absolute atomic E-state index is 5.35. The Kier molecular flexibility index (Phi) is 20.1. The molecule has 1 saturated carbocycles. The molecule has 0 aliphatic heterocycles. The monoisotopic (exact) mass is 562 g/mol. The first-order chi connectivity index (χ1) is 20.0. The molecular weight excluding hydrogens is 504 g/mol. The van der Waals surface area contributed by atoms with Crippen molar-refractivity contribution in [2.45, 2.75) is 72.3 Å². The molecule has 1 aliphatic rings. The van der Waals surface area contributed by atoms with E-state index in [0.29, 0.717) is 6.54 Å². The Morgan fingerprint density at radius 3 is 2.24 bits per heavy atom. The Morgan fingerprint density at radius 2 is 1.68 bits per heavy atom. The van der Waals surface area contributed by atoms with Crippen LogP contribution in [0.2, 0.25) is 0 Å². The van der Waals surface area contributed by atoms with Gasteiger partial charge < -0.3 is 26.2 Å². The number of aryl methyl sites for hydroxylation is 1. The van der Waals surface area contributed by atoms with Crippen molar-refractivity contribution in [2.75, 3.05) is 57.8 Å². The molecule has 1 fully saturated rings. The summed E-state index contributed by atoms with van der Waals surface area (Å²) in [5.74, 6) is 1.91. The lowest BCUT2D eigenvalue weighted by Gasteiger charge is -2.27. The summed E-state index contributed by atoms with van der Waals surface area (Å²) in [6.07, 6.45) is 19.3. The molecule has 1 aromatic carbocycles. The Morgan fingerprint density at radius 1 is 1.02 bits per heavy atom. The summed E-state index contributed by atoms with van der Waals surface area (Å²) in [7, 11) is 2.02. The van der Waals surface area contributed by atoms with E-state index in [-0.39, 0.29) is 0 Å². The predicted molar refractivity (Wildman–Crippen MR) is 180 cm³/mol. The van der Waals surface area contributed by atoms with Gasteiger partial charge in [-0.05, 0) is 82.4 Å². The molecule has 0 radical (unpaired) electrons. The van der Waals surface area contributed by atoms with Crippen molar-refractivity contribution in [1.82, 2.24) is 20.5 Å². The first-order valence-corrected chi connectivity index (χ1v) is 15.6. The minimum atomic E-state index is 0.640. The summed E-state index contributed by atoms with van der Waals surface area (Å²) in [6, 6.07) is 12.2. The maximum Gasteiger partial charge on any atom is 0.131 e. The van der Waals surface area contributed by atoms with Crippen molar-refractivity contribution in [3.63, 3.8) is 0 Å². The van der Waals surface area contributed by atoms with Crippen LogP contribution >= 0.6 is 0 Å². The number of nitrogens with two attached hydrogens (primary N) is 1. The minimum absolute atomic E-state index is 0.640. The first kappa shape index (κ1) is 36.2. The lowest BCUT2D eigenvalue weighted by Crippen LogP contribution is -2.33. The zero-order valence-electron chi connectivity index (χ0n) is 26.5. The molecule has 0 saturated heterocycles. The van der Waals surface area contributed by atoms with Gasteiger partial charge in [0.05, 0.1) is 0 Å². The molecule has 0 amide bonds. The van der Waals surface area contributed by atoms with Crippen LogP contribution in [0.4, 0.5) is 5.82 Å². The van der Waals surface area contributed by atoms with Crippen LogP contribution in [-0.2, 0) is 6.54 Å². The number of aromatic nitrogens is 1. The van der Waals surface area contributed by atoms with Crippen molar-refractivity contribution < 1.29 is 0 Å². The molecule has 6 nitrogen and oxygen atoms in total. The third kappa shape index (κ3) is 14.6. The number of nitrogens with zero attached hydrogens (tertiary/aromatic N) is 3. The van der Waals surface area contributed by atoms with Crippen LogP contribution in [0.3, 0.4) is 0 Å². The molecule has 1 heterocycles. The first-order valence-electron chi connectivity index (χ1n) is 15.6. The lowest BCUT2D eigenvalue weighted by atomic mass is 9.89. The molecule has 0 atom stereocenters. The Labute approximate surface area is 252 Å². The van der Waals surface area contributed by atoms with Gasteiger partial charge in [0.1, 0.15) is 5.82 Å². The molecule has 3 rings (SSSR count). The fourth-order valence-corrected chi connectivity index (χ4v) is 5.19. The highest BCUT2D eigenvalue weighted by atomic mass is 15.2. The van der Waals surface area contributed by atoms with Crippen molar-refractivity contribution in [2.24, 2.45) is 11.7 Å². The van der Waals surface area contributed by atoms with Crippen LogP contribution in [0, 0.1) is 25.7 Å². The third-order valence-electron chi connectivity index (χ3n) is 7.78. The van der Waals surface area contributed by atoms with Crippen molar-refractivity contribution >= 4 is 11.5 Å². The van der Waals surface area contributed by atoms with E-state index in [1.165, 1.54) is 62.6 Å². The van der Waals surface area contributed by atoms with E-state index < -0.39 is 0 Å². The van der Waals surface area contributed by atoms with Gasteiger partial charge in [-0.1, -0.05) is 70.0 Å². The number of hydrogen-bond donors (Lipinski definition) is 3. The number of benzene rings is 1. The molecular formula is C35H58N6. The van der Waals surface area contributed by atoms with E-state index in [0.717, 1.165) is 62.3 Å². The van der Waals surface area contributed by atoms with Gasteiger partial charge in [0.2, 0.25) is 0 Å². The van der Waals surface area contributed by atoms with Crippen molar-refractivity contribution in [3.05, 3.63) is 65.9 Å². The molecule has 4 N–H and O–H groups in total. The van der Waals surface area contributed by atoms with Crippen LogP contribution in [0.15, 0.2) is 49.2 Å². The van der Waals surface area contributed by atoms with Crippen LogP contribution in [0.5, 0.6) is 0 Å². The normalized spacial score (nSPS) is 13.0. The van der Waals surface area contributed by atoms with E-state index in [4.69, 9.17) is 10.7 Å². The number of hydrogen-bond acceptors (Lipinski definition) is 6. The molecule has 0 bridgehead atoms. The highest BCUT2D eigenvalue weighted by molar-refractivity contribution is 5.64. The van der Waals surface area contributed by atoms with Gasteiger partial charge in [0, 0.05) is 50.2 Å². The fourth-order valence-electron chi connectivity index (χ4n) is 5.19. The van der Waals surface area contributed by atoms with Crippen molar-refractivity contribution in [3.8, 4) is 12.8 Å². The molecule has 228 valence electrons. The highest BCUT2D eigenvalue weighted by Gasteiger charge is 2.15. The van der Waals surface area contributed by atoms with Crippen LogP contribution in [-0.4, -0.2) is 62.7 Å². The maximum atomic E-state index is 5.35. The fraction of sp³-hybridized carbons (Fsp3) is 0.571. The third-order valence-corrected chi connectivity index (χ3v) is 7.78. The molecule has 1 aromatic heterocycles. The number of pyridine rings is 1. The van der Waals surface area contributed by atoms with E-state index in [2.05, 4.69) is 66.7 Å². The van der Waals surface area contributed by atoms with E-state index >= 15 is 0 Å². The second-order valence-corrected chi connectivity index (χ2v) is 10.7. The number of nitrogens with one attached hydrogen (secondary N) is 2. The Hall–Kier alpha value is -2.85. The quantitative estimate of drug-likeness (QED) is 0.170. The topological polar surface area (TPSA) is 69.5 Å². The van der Waals surface area contributed by atoms with Crippen LogP contribution < -0.4 is 21.3 Å². The smallest absolute Gasteiger partial charge is 0.131 e. The molecule has 6 heteroatoms. The summed E-state index contributed by atoms with van der Waals surface area (Å²) in [5.41, 5.74) is 9.90. The summed E-state index contributed by atoms with van der Waals surface area (Å²) in [6.45, 7) is 19.1. The number of anilines is 1. The SMILES string of the molecule is C#C.C=C(NCC1CCCCC1)c1cnc(N(CCCCN(CC)CC)CCNC)c(C)c1.NCc1ccccc1. The molecule has 2 aromatic rings. The average molecular weight is 563 g/mol. The van der Waals surface area contributed by atoms with Crippen LogP contribution in [0.25, 0.3) is 5.70 Å². The molecule has 0 spiro atoms. The molecule has 0 unspecified atom stereocenters. The molecule has 41 heavy (non-hydrogen) atoms. The summed E-state index contributed by atoms with van der Waals surface area (Å²) >= 11 is 0. The number of unbranched alkanes of at least 4 members (excludes halogenated alkanes) is 1. The van der Waals surface area contributed by atoms with Gasteiger partial charge in [-0.15, -0.1) is 12.8 Å². The standard InChI is InChI=1S/C26H47N5.C7H9N.C2H2/c1-6-30(7-2)16-11-12-17-31(18-15-27-5)26-22(3)19-25(21-29-26)23(4)28-20-24-13-9-8-10-14-24;8-6-7-4-2-1-3-5-7;1-2/h19,21,24,27-28H,4,6-18,20H2,1-3,5H3;1-5H,6,8H2;1-2H. The second kappa shape index (κ2) is 22.8. The minimum Gasteiger partial charge on any atom is -0.385 e. The summed E-state index contributed by atoms with van der Waals surface area (Å²) in [5, 5.41) is 6.87. The summed E-state index contributed by atoms with van der Waals surface area (Å²) < 4.78 is 0. The zero-order valence-corrected chi connectivity index (χ0v) is 26.5. The van der Waals surface area contributed by atoms with Gasteiger partial charge in [0.15, 0.2) is 0 Å². The van der Waals surface area contributed by atoms with Gasteiger partial charge in [0.25, 0.3) is 0 Å². The van der Waals surface area contributed by atoms with Crippen molar-refractivity contribution in [1.29, 1.82) is 0 Å². The van der Waals surface area contributed by atoms with Crippen LogP contribution in [0.1, 0.15) is 75.5 Å².